The molecule has 0 aliphatic heterocycles. The lowest BCUT2D eigenvalue weighted by Gasteiger charge is -2.24. The molecule has 25 heavy (non-hydrogen) atoms. The van der Waals surface area contributed by atoms with Crippen LogP contribution in [0.4, 0.5) is 5.13 Å². The molecular formula is C19H19ClN2O2S. The number of para-hydroxylation sites is 1. The Labute approximate surface area is 155 Å². The number of nitrogens with one attached hydrogen (secondary N) is 1. The number of aromatic nitrogens is 1. The van der Waals surface area contributed by atoms with E-state index in [1.54, 1.807) is 38.1 Å². The molecule has 0 saturated heterocycles. The number of carbonyl (C=O) groups is 1. The number of rotatable bonds is 5. The maximum atomic E-state index is 12.6. The molecule has 0 radical (unpaired) electrons. The first-order valence-electron chi connectivity index (χ1n) is 8.03. The van der Waals surface area contributed by atoms with E-state index in [4.69, 9.17) is 16.3 Å². The Hall–Kier alpha value is -2.11. The van der Waals surface area contributed by atoms with Crippen LogP contribution in [0.3, 0.4) is 0 Å². The van der Waals surface area contributed by atoms with Crippen molar-refractivity contribution in [2.45, 2.75) is 32.8 Å². The van der Waals surface area contributed by atoms with Crippen molar-refractivity contribution >= 4 is 44.2 Å². The number of benzene rings is 2. The van der Waals surface area contributed by atoms with Gasteiger partial charge in [-0.25, -0.2) is 4.98 Å². The fraction of sp³-hybridized carbons (Fsp3) is 0.263. The molecule has 0 spiro atoms. The summed E-state index contributed by atoms with van der Waals surface area (Å²) < 4.78 is 6.88. The van der Waals surface area contributed by atoms with Gasteiger partial charge in [0.15, 0.2) is 10.7 Å². The van der Waals surface area contributed by atoms with Gasteiger partial charge < -0.3 is 4.74 Å². The minimum absolute atomic E-state index is 0.250. The third kappa shape index (κ3) is 3.94. The van der Waals surface area contributed by atoms with Crippen LogP contribution in [0.1, 0.15) is 26.3 Å². The molecule has 1 heterocycles. The zero-order chi connectivity index (χ0) is 18.0. The number of ether oxygens (including phenoxy) is 1. The summed E-state index contributed by atoms with van der Waals surface area (Å²) in [6, 6.07) is 13.0. The maximum Gasteiger partial charge on any atom is 0.269 e. The fourth-order valence-corrected chi connectivity index (χ4v) is 3.47. The lowest BCUT2D eigenvalue weighted by atomic mass is 10.1. The first-order valence-corrected chi connectivity index (χ1v) is 9.23. The number of fused-ring (bicyclic) bond motifs is 1. The second-order valence-electron chi connectivity index (χ2n) is 6.16. The van der Waals surface area contributed by atoms with Gasteiger partial charge in [-0.05, 0) is 56.2 Å². The topological polar surface area (TPSA) is 51.2 Å². The van der Waals surface area contributed by atoms with E-state index >= 15 is 0 Å². The van der Waals surface area contributed by atoms with E-state index in [2.05, 4.69) is 23.3 Å². The molecule has 0 unspecified atom stereocenters. The number of aryl methyl sites for hydroxylation is 1. The number of amides is 1. The Morgan fingerprint density at radius 1 is 1.24 bits per heavy atom. The highest BCUT2D eigenvalue weighted by atomic mass is 35.5. The molecular weight excluding hydrogens is 356 g/mol. The second-order valence-corrected chi connectivity index (χ2v) is 7.62. The predicted molar refractivity (Wildman–Crippen MR) is 104 cm³/mol. The first-order chi connectivity index (χ1) is 11.9. The van der Waals surface area contributed by atoms with Crippen LogP contribution in [0, 0.1) is 0 Å². The molecule has 0 aliphatic rings. The summed E-state index contributed by atoms with van der Waals surface area (Å²) in [4.78, 5) is 17.2. The lowest BCUT2D eigenvalue weighted by molar-refractivity contribution is -0.128. The standard InChI is InChI=1S/C19H19ClN2O2S/c1-4-12-6-5-7-15-16(12)21-18(25-15)22-17(23)19(2,3)24-14-10-8-13(20)9-11-14/h5-11H,4H2,1-3H3,(H,21,22,23). The van der Waals surface area contributed by atoms with Crippen molar-refractivity contribution in [3.05, 3.63) is 53.1 Å². The fourth-order valence-electron chi connectivity index (χ4n) is 2.44. The van der Waals surface area contributed by atoms with Gasteiger partial charge in [-0.1, -0.05) is 42.0 Å². The van der Waals surface area contributed by atoms with Crippen molar-refractivity contribution < 1.29 is 9.53 Å². The smallest absolute Gasteiger partial charge is 0.269 e. The molecule has 6 heteroatoms. The van der Waals surface area contributed by atoms with Gasteiger partial charge in [0.1, 0.15) is 5.75 Å². The van der Waals surface area contributed by atoms with Gasteiger partial charge in [-0.2, -0.15) is 0 Å². The summed E-state index contributed by atoms with van der Waals surface area (Å²) in [6.07, 6.45) is 0.902. The Bertz CT molecular complexity index is 903. The lowest BCUT2D eigenvalue weighted by Crippen LogP contribution is -2.42. The summed E-state index contributed by atoms with van der Waals surface area (Å²) in [6.45, 7) is 5.54. The molecule has 1 N–H and O–H groups in total. The summed E-state index contributed by atoms with van der Waals surface area (Å²) in [5, 5.41) is 4.07. The van der Waals surface area contributed by atoms with E-state index in [-0.39, 0.29) is 5.91 Å². The highest BCUT2D eigenvalue weighted by Gasteiger charge is 2.30. The van der Waals surface area contributed by atoms with Gasteiger partial charge in [-0.3, -0.25) is 10.1 Å². The van der Waals surface area contributed by atoms with Crippen LogP contribution in [0.2, 0.25) is 5.02 Å². The molecule has 130 valence electrons. The molecule has 0 atom stereocenters. The van der Waals surface area contributed by atoms with Crippen molar-refractivity contribution in [1.82, 2.24) is 4.98 Å². The number of nitrogens with zero attached hydrogens (tertiary/aromatic N) is 1. The number of anilines is 1. The number of halogens is 1. The molecule has 3 rings (SSSR count). The summed E-state index contributed by atoms with van der Waals surface area (Å²) in [7, 11) is 0. The van der Waals surface area contributed by atoms with Crippen molar-refractivity contribution in [2.24, 2.45) is 0 Å². The number of carbonyl (C=O) groups excluding carboxylic acids is 1. The summed E-state index contributed by atoms with van der Waals surface area (Å²) in [5.41, 5.74) is 1.08. The largest absolute Gasteiger partial charge is 0.478 e. The first kappa shape index (κ1) is 17.7. The molecule has 0 saturated carbocycles. The van der Waals surface area contributed by atoms with Gasteiger partial charge in [0.05, 0.1) is 10.2 Å². The van der Waals surface area contributed by atoms with Crippen LogP contribution >= 0.6 is 22.9 Å². The van der Waals surface area contributed by atoms with Crippen LogP contribution in [0.25, 0.3) is 10.2 Å². The summed E-state index contributed by atoms with van der Waals surface area (Å²) >= 11 is 7.34. The highest BCUT2D eigenvalue weighted by Crippen LogP contribution is 2.29. The van der Waals surface area contributed by atoms with Gasteiger partial charge in [0.25, 0.3) is 5.91 Å². The third-order valence-electron chi connectivity index (χ3n) is 3.84. The Balaban J connectivity index is 1.77. The van der Waals surface area contributed by atoms with Gasteiger partial charge >= 0.3 is 0 Å². The number of hydrogen-bond acceptors (Lipinski definition) is 4. The Kier molecular flexibility index (Phi) is 4.97. The van der Waals surface area contributed by atoms with E-state index in [0.717, 1.165) is 16.6 Å². The normalized spacial score (nSPS) is 11.5. The van der Waals surface area contributed by atoms with Crippen LogP contribution in [0.5, 0.6) is 5.75 Å². The zero-order valence-corrected chi connectivity index (χ0v) is 15.9. The molecule has 4 nitrogen and oxygen atoms in total. The van der Waals surface area contributed by atoms with Crippen LogP contribution in [-0.4, -0.2) is 16.5 Å². The van der Waals surface area contributed by atoms with E-state index < -0.39 is 5.60 Å². The molecule has 1 amide bonds. The minimum atomic E-state index is -1.04. The van der Waals surface area contributed by atoms with Crippen molar-refractivity contribution in [3.63, 3.8) is 0 Å². The Morgan fingerprint density at radius 3 is 2.64 bits per heavy atom. The van der Waals surface area contributed by atoms with E-state index in [1.807, 2.05) is 12.1 Å². The van der Waals surface area contributed by atoms with Crippen LogP contribution < -0.4 is 10.1 Å². The minimum Gasteiger partial charge on any atom is -0.478 e. The summed E-state index contributed by atoms with van der Waals surface area (Å²) in [5.74, 6) is 0.335. The molecule has 0 fully saturated rings. The molecule has 0 aliphatic carbocycles. The average Bonchev–Trinajstić information content (AvgIpc) is 2.99. The SMILES string of the molecule is CCc1cccc2sc(NC(=O)C(C)(C)Oc3ccc(Cl)cc3)nc12. The number of thiazole rings is 1. The molecule has 2 aromatic carbocycles. The van der Waals surface area contributed by atoms with Crippen LogP contribution in [-0.2, 0) is 11.2 Å². The zero-order valence-electron chi connectivity index (χ0n) is 14.3. The average molecular weight is 375 g/mol. The quantitative estimate of drug-likeness (QED) is 0.658. The van der Waals surface area contributed by atoms with E-state index in [0.29, 0.717) is 15.9 Å². The van der Waals surface area contributed by atoms with Crippen molar-refractivity contribution in [3.8, 4) is 5.75 Å². The van der Waals surface area contributed by atoms with Gasteiger partial charge in [0.2, 0.25) is 0 Å². The maximum absolute atomic E-state index is 12.6. The van der Waals surface area contributed by atoms with Gasteiger partial charge in [0, 0.05) is 5.02 Å². The van der Waals surface area contributed by atoms with Crippen molar-refractivity contribution in [2.75, 3.05) is 5.32 Å². The molecule has 1 aromatic heterocycles. The Morgan fingerprint density at radius 2 is 1.96 bits per heavy atom. The van der Waals surface area contributed by atoms with E-state index in [9.17, 15) is 4.79 Å². The van der Waals surface area contributed by atoms with Crippen molar-refractivity contribution in [1.29, 1.82) is 0 Å². The molecule has 0 bridgehead atoms. The van der Waals surface area contributed by atoms with E-state index in [1.165, 1.54) is 16.9 Å². The molecule has 3 aromatic rings. The number of hydrogen-bond donors (Lipinski definition) is 1. The second kappa shape index (κ2) is 7.02. The monoisotopic (exact) mass is 374 g/mol. The van der Waals surface area contributed by atoms with Crippen LogP contribution in [0.15, 0.2) is 42.5 Å². The third-order valence-corrected chi connectivity index (χ3v) is 5.03. The highest BCUT2D eigenvalue weighted by molar-refractivity contribution is 7.22. The van der Waals surface area contributed by atoms with Gasteiger partial charge in [-0.15, -0.1) is 0 Å². The predicted octanol–water partition coefficient (Wildman–Crippen LogP) is 5.31.